The summed E-state index contributed by atoms with van der Waals surface area (Å²) >= 11 is 0. The number of hydrogen-bond donors (Lipinski definition) is 3. The van der Waals surface area contributed by atoms with Crippen LogP contribution in [0.3, 0.4) is 0 Å². The van der Waals surface area contributed by atoms with Crippen LogP contribution in [0.1, 0.15) is 393 Å². The van der Waals surface area contributed by atoms with Crippen LogP contribution in [-0.2, 0) is 14.3 Å². The van der Waals surface area contributed by atoms with E-state index in [1.807, 2.05) is 6.08 Å². The van der Waals surface area contributed by atoms with E-state index in [4.69, 9.17) is 4.74 Å². The first-order valence-corrected chi connectivity index (χ1v) is 35.8. The summed E-state index contributed by atoms with van der Waals surface area (Å²) in [4.78, 5) is 24.6. The number of carbonyl (C=O) groups is 2. The molecule has 6 nitrogen and oxygen atoms in total. The molecule has 2 unspecified atom stereocenters. The third kappa shape index (κ3) is 65.1. The molecule has 3 N–H and O–H groups in total. The van der Waals surface area contributed by atoms with Gasteiger partial charge in [-0.15, -0.1) is 0 Å². The summed E-state index contributed by atoms with van der Waals surface area (Å²) in [6.45, 7) is 4.93. The normalized spacial score (nSPS) is 12.7. The Kier molecular flexibility index (Phi) is 66.9. The third-order valence-electron chi connectivity index (χ3n) is 16.6. The maximum atomic E-state index is 12.5. The molecule has 0 aromatic rings. The maximum Gasteiger partial charge on any atom is 0.305 e. The van der Waals surface area contributed by atoms with Crippen LogP contribution in [0.5, 0.6) is 0 Å². The third-order valence-corrected chi connectivity index (χ3v) is 16.6. The number of unbranched alkanes of at least 4 members (excludes halogenated alkanes) is 52. The molecule has 6 heteroatoms. The number of carbonyl (C=O) groups excluding carboxylic acids is 2. The van der Waals surface area contributed by atoms with E-state index in [0.717, 1.165) is 51.4 Å². The van der Waals surface area contributed by atoms with Crippen molar-refractivity contribution in [1.82, 2.24) is 5.32 Å². The summed E-state index contributed by atoms with van der Waals surface area (Å²) in [7, 11) is 0. The number of nitrogens with one attached hydrogen (secondary N) is 1. The minimum Gasteiger partial charge on any atom is -0.466 e. The molecule has 1 amide bonds. The Bertz CT molecular complexity index is 1280. The van der Waals surface area contributed by atoms with Gasteiger partial charge in [-0.25, -0.2) is 0 Å². The Morgan fingerprint density at radius 1 is 0.342 bits per heavy atom. The monoisotopic (exact) mass is 1110 g/mol. The van der Waals surface area contributed by atoms with Crippen molar-refractivity contribution in [2.24, 2.45) is 0 Å². The standard InChI is InChI=1S/C73H139NO5/c1-3-5-7-9-11-13-15-17-19-21-23-24-26-30-33-37-41-45-49-53-57-61-65-71(76)70(69-75)74-72(77)66-62-58-54-50-46-42-38-34-31-27-25-28-32-36-40-44-48-52-56-60-64-68-79-73(78)67-63-59-55-51-47-43-39-35-29-22-20-18-16-14-12-10-8-6-4-2/h18,20,27,31,61,65,70-71,75-76H,3-17,19,21-26,28-30,32-60,62-64,66-69H2,1-2H3,(H,74,77)/b20-18-,31-27-,65-61+. The van der Waals surface area contributed by atoms with Gasteiger partial charge in [-0.1, -0.05) is 333 Å². The number of aliphatic hydroxyl groups excluding tert-OH is 2. The van der Waals surface area contributed by atoms with Crippen molar-refractivity contribution >= 4 is 11.9 Å². The van der Waals surface area contributed by atoms with Gasteiger partial charge in [-0.2, -0.15) is 0 Å². The largest absolute Gasteiger partial charge is 0.466 e. The van der Waals surface area contributed by atoms with Crippen molar-refractivity contribution in [2.75, 3.05) is 13.2 Å². The summed E-state index contributed by atoms with van der Waals surface area (Å²) < 4.78 is 5.50. The zero-order chi connectivity index (χ0) is 57.1. The Labute approximate surface area is 494 Å². The lowest BCUT2D eigenvalue weighted by molar-refractivity contribution is -0.143. The second kappa shape index (κ2) is 68.6. The van der Waals surface area contributed by atoms with E-state index in [0.29, 0.717) is 19.4 Å². The predicted octanol–water partition coefficient (Wildman–Crippen LogP) is 23.1. The van der Waals surface area contributed by atoms with Crippen LogP contribution in [0.15, 0.2) is 36.5 Å². The number of amides is 1. The van der Waals surface area contributed by atoms with Gasteiger partial charge in [0.25, 0.3) is 0 Å². The predicted molar refractivity (Wildman–Crippen MR) is 347 cm³/mol. The molecule has 0 rings (SSSR count). The average Bonchev–Trinajstić information content (AvgIpc) is 3.45. The van der Waals surface area contributed by atoms with E-state index in [-0.39, 0.29) is 18.5 Å². The molecule has 0 aromatic carbocycles. The number of ether oxygens (including phenoxy) is 1. The molecule has 466 valence electrons. The highest BCUT2D eigenvalue weighted by Gasteiger charge is 2.18. The number of allylic oxidation sites excluding steroid dienone is 5. The zero-order valence-corrected chi connectivity index (χ0v) is 53.4. The molecule has 0 heterocycles. The van der Waals surface area contributed by atoms with Crippen molar-refractivity contribution in [1.29, 1.82) is 0 Å². The van der Waals surface area contributed by atoms with Crippen molar-refractivity contribution in [3.63, 3.8) is 0 Å². The highest BCUT2D eigenvalue weighted by molar-refractivity contribution is 5.76. The SMILES string of the molecule is CCCCCCCC/C=C\CCCCCCCCCCCC(=O)OCCCCCCCCCCCC/C=C\CCCCCCCCCC(=O)NC(CO)C(O)/C=C/CCCCCCCCCCCCCCCCCCCCCC. The van der Waals surface area contributed by atoms with Crippen LogP contribution >= 0.6 is 0 Å². The van der Waals surface area contributed by atoms with E-state index in [1.165, 1.54) is 315 Å². The van der Waals surface area contributed by atoms with Gasteiger partial charge in [-0.3, -0.25) is 9.59 Å². The lowest BCUT2D eigenvalue weighted by Gasteiger charge is -2.20. The van der Waals surface area contributed by atoms with Gasteiger partial charge in [0.05, 0.1) is 25.4 Å². The molecule has 0 radical (unpaired) electrons. The van der Waals surface area contributed by atoms with Crippen LogP contribution in [-0.4, -0.2) is 47.4 Å². The van der Waals surface area contributed by atoms with Gasteiger partial charge in [0.1, 0.15) is 0 Å². The fourth-order valence-corrected chi connectivity index (χ4v) is 11.2. The molecule has 0 saturated carbocycles. The molecule has 79 heavy (non-hydrogen) atoms. The van der Waals surface area contributed by atoms with Gasteiger partial charge < -0.3 is 20.3 Å². The maximum absolute atomic E-state index is 12.5. The highest BCUT2D eigenvalue weighted by atomic mass is 16.5. The molecule has 0 aliphatic carbocycles. The summed E-state index contributed by atoms with van der Waals surface area (Å²) in [6, 6.07) is -0.635. The second-order valence-corrected chi connectivity index (χ2v) is 24.6. The van der Waals surface area contributed by atoms with E-state index in [2.05, 4.69) is 43.5 Å². The van der Waals surface area contributed by atoms with Crippen LogP contribution in [0.2, 0.25) is 0 Å². The van der Waals surface area contributed by atoms with Crippen molar-refractivity contribution in [3.8, 4) is 0 Å². The smallest absolute Gasteiger partial charge is 0.305 e. The molecule has 0 aliphatic heterocycles. The lowest BCUT2D eigenvalue weighted by Crippen LogP contribution is -2.45. The summed E-state index contributed by atoms with van der Waals surface area (Å²) in [5.41, 5.74) is 0. The zero-order valence-electron chi connectivity index (χ0n) is 53.4. The van der Waals surface area contributed by atoms with Gasteiger partial charge in [-0.05, 0) is 83.5 Å². The van der Waals surface area contributed by atoms with Gasteiger partial charge in [0.2, 0.25) is 5.91 Å². The summed E-state index contributed by atoms with van der Waals surface area (Å²) in [6.07, 6.45) is 87.9. The van der Waals surface area contributed by atoms with Crippen LogP contribution in [0.25, 0.3) is 0 Å². The van der Waals surface area contributed by atoms with Crippen LogP contribution in [0, 0.1) is 0 Å². The number of esters is 1. The first-order valence-electron chi connectivity index (χ1n) is 35.8. The Morgan fingerprint density at radius 3 is 0.899 bits per heavy atom. The fraction of sp³-hybridized carbons (Fsp3) is 0.890. The first kappa shape index (κ1) is 77.1. The minimum absolute atomic E-state index is 0.00786. The van der Waals surface area contributed by atoms with E-state index < -0.39 is 12.1 Å². The second-order valence-electron chi connectivity index (χ2n) is 24.6. The van der Waals surface area contributed by atoms with Crippen molar-refractivity contribution in [3.05, 3.63) is 36.5 Å². The van der Waals surface area contributed by atoms with Gasteiger partial charge >= 0.3 is 5.97 Å². The van der Waals surface area contributed by atoms with Crippen molar-refractivity contribution < 1.29 is 24.5 Å². The lowest BCUT2D eigenvalue weighted by atomic mass is 10.0. The topological polar surface area (TPSA) is 95.9 Å². The minimum atomic E-state index is -0.851. The molecule has 2 atom stereocenters. The molecular formula is C73H139NO5. The molecule has 0 saturated heterocycles. The number of hydrogen-bond acceptors (Lipinski definition) is 5. The van der Waals surface area contributed by atoms with Crippen LogP contribution < -0.4 is 5.32 Å². The number of aliphatic hydroxyl groups is 2. The molecule has 0 aromatic heterocycles. The molecule has 0 bridgehead atoms. The summed E-state index contributed by atoms with van der Waals surface area (Å²) in [5.74, 6) is -0.0643. The number of rotatable bonds is 67. The fourth-order valence-electron chi connectivity index (χ4n) is 11.2. The van der Waals surface area contributed by atoms with Crippen LogP contribution in [0.4, 0.5) is 0 Å². The van der Waals surface area contributed by atoms with Gasteiger partial charge in [0.15, 0.2) is 0 Å². The molecule has 0 spiro atoms. The molecule has 0 aliphatic rings. The highest BCUT2D eigenvalue weighted by Crippen LogP contribution is 2.18. The summed E-state index contributed by atoms with van der Waals surface area (Å²) in [5, 5.41) is 23.3. The van der Waals surface area contributed by atoms with E-state index in [1.54, 1.807) is 6.08 Å². The first-order chi connectivity index (χ1) is 39.0. The van der Waals surface area contributed by atoms with E-state index in [9.17, 15) is 19.8 Å². The van der Waals surface area contributed by atoms with E-state index >= 15 is 0 Å². The molecular weight excluding hydrogens is 971 g/mol. The quantitative estimate of drug-likeness (QED) is 0.0320. The Balaban J connectivity index is 3.43. The van der Waals surface area contributed by atoms with Crippen molar-refractivity contribution in [2.45, 2.75) is 405 Å². The van der Waals surface area contributed by atoms with Gasteiger partial charge in [0, 0.05) is 12.8 Å². The Morgan fingerprint density at radius 2 is 0.595 bits per heavy atom. The molecule has 0 fully saturated rings. The average molecular weight is 1110 g/mol. The Hall–Kier alpha value is -1.92.